The Morgan fingerprint density at radius 3 is 0.750 bits per heavy atom. The number of aromatic nitrogens is 8. The fraction of sp³-hybridized carbons (Fsp3) is 0. The third-order valence-electron chi connectivity index (χ3n) is 29.6. The third kappa shape index (κ3) is 15.6. The van der Waals surface area contributed by atoms with Crippen molar-refractivity contribution < 1.29 is 0 Å². The molecule has 0 N–H and O–H groups in total. The van der Waals surface area contributed by atoms with Gasteiger partial charge in [0.1, 0.15) is 0 Å². The molecule has 0 aliphatic heterocycles. The molecule has 30 aromatic rings. The van der Waals surface area contributed by atoms with Crippen molar-refractivity contribution in [2.24, 2.45) is 0 Å². The van der Waals surface area contributed by atoms with E-state index in [1.165, 1.54) is 109 Å². The molecular weight excluding hydrogens is 1790 g/mol. The van der Waals surface area contributed by atoms with Crippen LogP contribution in [0.2, 0.25) is 0 Å². The molecule has 0 atom stereocenters. The van der Waals surface area contributed by atoms with Crippen molar-refractivity contribution in [1.29, 1.82) is 0 Å². The summed E-state index contributed by atoms with van der Waals surface area (Å²) in [6, 6.07) is 180. The van der Waals surface area contributed by atoms with Gasteiger partial charge in [0, 0.05) is 106 Å². The summed E-state index contributed by atoms with van der Waals surface area (Å²) in [7, 11) is 0. The summed E-state index contributed by atoms with van der Waals surface area (Å²) >= 11 is 0. The number of hydrogen-bond donors (Lipinski definition) is 0. The first kappa shape index (κ1) is 86.1. The second kappa shape index (κ2) is 36.3. The summed E-state index contributed by atoms with van der Waals surface area (Å²) in [6.07, 6.45) is 5.54. The Morgan fingerprint density at radius 1 is 0.108 bits per heavy atom. The molecule has 0 fully saturated rings. The predicted molar refractivity (Wildman–Crippen MR) is 622 cm³/mol. The van der Waals surface area contributed by atoms with Crippen LogP contribution in [0.25, 0.3) is 296 Å². The van der Waals surface area contributed by atoms with Crippen LogP contribution in [-0.2, 0) is 0 Å². The van der Waals surface area contributed by atoms with Crippen molar-refractivity contribution in [3.63, 3.8) is 0 Å². The lowest BCUT2D eigenvalue weighted by molar-refractivity contribution is 1.32. The maximum Gasteiger partial charge on any atom is 0.0978 e. The molecule has 0 spiro atoms. The van der Waals surface area contributed by atoms with Crippen LogP contribution in [0, 0.1) is 0 Å². The van der Waals surface area contributed by atoms with Gasteiger partial charge in [-0.15, -0.1) is 0 Å². The van der Waals surface area contributed by atoms with Gasteiger partial charge in [0.2, 0.25) is 0 Å². The maximum absolute atomic E-state index is 5.35. The predicted octanol–water partition coefficient (Wildman–Crippen LogP) is 37.0. The number of fused-ring (bicyclic) bond motifs is 22. The highest BCUT2D eigenvalue weighted by molar-refractivity contribution is 6.26. The summed E-state index contributed by atoms with van der Waals surface area (Å²) < 4.78 is 0. The molecule has 686 valence electrons. The monoisotopic (exact) mass is 1880 g/mol. The first-order valence-corrected chi connectivity index (χ1v) is 50.3. The fourth-order valence-corrected chi connectivity index (χ4v) is 22.2. The second-order valence-electron chi connectivity index (χ2n) is 38.3. The van der Waals surface area contributed by atoms with Crippen LogP contribution in [0.4, 0.5) is 0 Å². The normalized spacial score (nSPS) is 11.6. The average Bonchev–Trinajstić information content (AvgIpc) is 0.753. The van der Waals surface area contributed by atoms with Gasteiger partial charge in [-0.2, -0.15) is 0 Å². The highest BCUT2D eigenvalue weighted by Gasteiger charge is 2.23. The Kier molecular flexibility index (Phi) is 21.1. The van der Waals surface area contributed by atoms with E-state index in [0.29, 0.717) is 0 Å². The SMILES string of the molecule is c1cc(-c2cc(-c3ccc4ccccc4c3)cc(-c3ccc4ccccc4c3)n2)cc(-c2c3ccccc3nc3c2ccc2cccnc23)c1.c1ccc2cc(-c3cc(-c4ccc(-c5ccc(-c6c7ccccc7nc7c6ccc6cccnc67)cc5)cc4)nc(-c4ccc5ccccc5c4)c3)ccc2c1.c1cnc2c(c1)ccc1c(-c3ccc(-c4ccc5c6ccccc6c6ccccc6c5c4)cc3)c3ccccc3nc12. The van der Waals surface area contributed by atoms with E-state index in [4.69, 9.17) is 39.9 Å². The molecule has 8 aromatic heterocycles. The van der Waals surface area contributed by atoms with Crippen molar-refractivity contribution in [3.8, 4) is 123 Å². The quantitative estimate of drug-likeness (QED) is 0.0932. The summed E-state index contributed by atoms with van der Waals surface area (Å²) in [5, 5.41) is 27.5. The summed E-state index contributed by atoms with van der Waals surface area (Å²) in [4.78, 5) is 40.1. The van der Waals surface area contributed by atoms with Crippen LogP contribution in [0.1, 0.15) is 0 Å². The molecule has 8 nitrogen and oxygen atoms in total. The van der Waals surface area contributed by atoms with Gasteiger partial charge in [-0.25, -0.2) is 24.9 Å². The van der Waals surface area contributed by atoms with Crippen molar-refractivity contribution in [2.45, 2.75) is 0 Å². The Balaban J connectivity index is 0.000000108. The van der Waals surface area contributed by atoms with Crippen molar-refractivity contribution >= 4 is 174 Å². The maximum atomic E-state index is 5.35. The van der Waals surface area contributed by atoms with E-state index < -0.39 is 0 Å². The van der Waals surface area contributed by atoms with Gasteiger partial charge in [-0.3, -0.25) is 15.0 Å². The van der Waals surface area contributed by atoms with E-state index in [1.54, 1.807) is 0 Å². The first-order chi connectivity index (χ1) is 73.3. The third-order valence-corrected chi connectivity index (χ3v) is 29.6. The fourth-order valence-electron chi connectivity index (χ4n) is 22.2. The zero-order valence-electron chi connectivity index (χ0n) is 80.2. The summed E-state index contributed by atoms with van der Waals surface area (Å²) in [5.41, 5.74) is 32.9. The lowest BCUT2D eigenvalue weighted by Crippen LogP contribution is -1.94. The van der Waals surface area contributed by atoms with E-state index >= 15 is 0 Å². The zero-order valence-corrected chi connectivity index (χ0v) is 80.2. The van der Waals surface area contributed by atoms with Crippen LogP contribution >= 0.6 is 0 Å². The van der Waals surface area contributed by atoms with E-state index in [9.17, 15) is 0 Å². The summed E-state index contributed by atoms with van der Waals surface area (Å²) in [6.45, 7) is 0. The molecule has 0 amide bonds. The second-order valence-corrected chi connectivity index (χ2v) is 38.3. The number of hydrogen-bond acceptors (Lipinski definition) is 8. The van der Waals surface area contributed by atoms with Gasteiger partial charge in [-0.05, 0) is 234 Å². The molecule has 0 aliphatic carbocycles. The first-order valence-electron chi connectivity index (χ1n) is 50.3. The minimum absolute atomic E-state index is 0.914. The van der Waals surface area contributed by atoms with Crippen LogP contribution in [0.5, 0.6) is 0 Å². The highest BCUT2D eigenvalue weighted by Crippen LogP contribution is 2.47. The lowest BCUT2D eigenvalue weighted by Gasteiger charge is -2.15. The number of nitrogens with zero attached hydrogens (tertiary/aromatic N) is 8. The van der Waals surface area contributed by atoms with Gasteiger partial charge < -0.3 is 0 Å². The molecule has 0 saturated heterocycles. The number of para-hydroxylation sites is 3. The van der Waals surface area contributed by atoms with E-state index in [2.05, 4.69) is 485 Å². The molecule has 0 bridgehead atoms. The molecule has 0 saturated carbocycles. The Morgan fingerprint density at radius 2 is 0.358 bits per heavy atom. The van der Waals surface area contributed by atoms with Crippen LogP contribution in [0.3, 0.4) is 0 Å². The minimum Gasteiger partial charge on any atom is -0.254 e. The number of benzene rings is 22. The van der Waals surface area contributed by atoms with Gasteiger partial charge in [0.15, 0.2) is 0 Å². The molecule has 8 heterocycles. The smallest absolute Gasteiger partial charge is 0.0978 e. The van der Waals surface area contributed by atoms with Crippen molar-refractivity contribution in [2.75, 3.05) is 0 Å². The van der Waals surface area contributed by atoms with Gasteiger partial charge in [0.05, 0.1) is 72.4 Å². The van der Waals surface area contributed by atoms with E-state index in [0.717, 1.165) is 188 Å². The molecule has 8 heteroatoms. The van der Waals surface area contributed by atoms with Crippen LogP contribution in [-0.4, -0.2) is 39.9 Å². The number of pyridine rings is 8. The molecule has 0 aliphatic rings. The molecule has 30 rings (SSSR count). The van der Waals surface area contributed by atoms with E-state index in [-0.39, 0.29) is 0 Å². The van der Waals surface area contributed by atoms with Crippen molar-refractivity contribution in [1.82, 2.24) is 39.9 Å². The molecular formula is C140H86N8. The van der Waals surface area contributed by atoms with Gasteiger partial charge in [-0.1, -0.05) is 406 Å². The Bertz CT molecular complexity index is 10400. The Labute approximate surface area is 852 Å². The zero-order chi connectivity index (χ0) is 97.6. The van der Waals surface area contributed by atoms with Gasteiger partial charge >= 0.3 is 0 Å². The van der Waals surface area contributed by atoms with Gasteiger partial charge in [0.25, 0.3) is 0 Å². The summed E-state index contributed by atoms with van der Waals surface area (Å²) in [5.74, 6) is 0. The van der Waals surface area contributed by atoms with E-state index in [1.807, 2.05) is 36.8 Å². The van der Waals surface area contributed by atoms with Crippen molar-refractivity contribution in [3.05, 3.63) is 522 Å². The number of rotatable bonds is 11. The Hall–Kier alpha value is -19.8. The molecule has 148 heavy (non-hydrogen) atoms. The highest BCUT2D eigenvalue weighted by atomic mass is 14.8. The van der Waals surface area contributed by atoms with Crippen LogP contribution in [0.15, 0.2) is 522 Å². The minimum atomic E-state index is 0.914. The topological polar surface area (TPSA) is 103 Å². The largest absolute Gasteiger partial charge is 0.254 e. The molecule has 22 aromatic carbocycles. The average molecular weight is 1880 g/mol. The molecule has 0 unspecified atom stereocenters. The van der Waals surface area contributed by atoms with Crippen LogP contribution < -0.4 is 0 Å². The molecule has 0 radical (unpaired) electrons. The standard InChI is InChI=1S/C53H33N3.C47H29N3.C40H24N2/c1-3-10-41-30-43(25-19-34(41)8-1)45-32-49(55-50(33-45)44-26-20-35-9-2-4-11-42(35)31-44)38-21-15-36(16-22-38)37-17-23-39(24-18-37)51-46-13-5-6-14-48(46)56-53-47(51)28-27-40-12-7-29-54-52(40)53;1-3-11-33-25-35(20-18-30(33)9-1)39-28-43(49-44(29-39)37-21-19-31-10-2-4-12-34(31)26-37)36-13-7-14-38(27-36)45-40-16-5-6-17-42(40)50-47-41(45)23-22-32-15-8-24-48-46(32)47;1-2-11-31-29(9-1)30-10-3-4-12-32(30)36-24-28(20-21-33(31)36)25-15-17-26(18-16-25)38-34-13-5-6-14-37(34)42-40-35(38)22-19-27-8-7-23-41-39(27)40/h1-33H;1-29H;1-24H. The lowest BCUT2D eigenvalue weighted by atomic mass is 9.91.